The predicted molar refractivity (Wildman–Crippen MR) is 103 cm³/mol. The van der Waals surface area contributed by atoms with E-state index in [1.54, 1.807) is 0 Å². The van der Waals surface area contributed by atoms with Crippen LogP contribution in [0.1, 0.15) is 12.0 Å². The average molecular weight is 445 g/mol. The van der Waals surface area contributed by atoms with Crippen molar-refractivity contribution in [1.82, 2.24) is 10.2 Å². The van der Waals surface area contributed by atoms with Crippen LogP contribution in [-0.4, -0.2) is 75.4 Å². The van der Waals surface area contributed by atoms with Crippen LogP contribution in [0.5, 0.6) is 0 Å². The number of nitrogens with one attached hydrogen (secondary N) is 1. The summed E-state index contributed by atoms with van der Waals surface area (Å²) in [4.78, 5) is 36.1. The van der Waals surface area contributed by atoms with Gasteiger partial charge in [0, 0.05) is 32.7 Å². The van der Waals surface area contributed by atoms with Crippen molar-refractivity contribution in [3.8, 4) is 0 Å². The Hall–Kier alpha value is -2.77. The summed E-state index contributed by atoms with van der Waals surface area (Å²) in [5.41, 5.74) is 0.419. The number of hydrogen-bond donors (Lipinski definition) is 1. The fraction of sp³-hybridized carbons (Fsp3) is 0.529. The van der Waals surface area contributed by atoms with E-state index < -0.39 is 45.3 Å². The number of nitro benzene ring substituents is 1. The minimum Gasteiger partial charge on any atom is -0.445 e. The van der Waals surface area contributed by atoms with E-state index in [0.717, 1.165) is 6.26 Å². The number of non-ortho nitro benzene ring substituents is 1. The van der Waals surface area contributed by atoms with Gasteiger partial charge in [0.1, 0.15) is 6.61 Å². The molecule has 0 radical (unpaired) electrons. The number of likely N-dealkylation sites (tertiary alicyclic amines) is 1. The third kappa shape index (κ3) is 6.11. The fourth-order valence-electron chi connectivity index (χ4n) is 3.16. The summed E-state index contributed by atoms with van der Waals surface area (Å²) < 4.78 is 38.4. The largest absolute Gasteiger partial charge is 0.445 e. The van der Waals surface area contributed by atoms with Crippen LogP contribution in [0, 0.1) is 10.1 Å². The number of carbonyl (C=O) groups excluding carboxylic acids is 2. The van der Waals surface area contributed by atoms with Crippen molar-refractivity contribution in [3.05, 3.63) is 39.9 Å². The normalized spacial score (nSPS) is 19.9. The van der Waals surface area contributed by atoms with Gasteiger partial charge in [0.15, 0.2) is 6.10 Å². The van der Waals surface area contributed by atoms with E-state index >= 15 is 0 Å². The summed E-state index contributed by atoms with van der Waals surface area (Å²) >= 11 is 0. The molecular weight excluding hydrogens is 422 g/mol. The molecular formula is C17H23N3O9S. The van der Waals surface area contributed by atoms with E-state index in [-0.39, 0.29) is 25.3 Å². The minimum atomic E-state index is -3.78. The lowest BCUT2D eigenvalue weighted by molar-refractivity contribution is -0.384. The summed E-state index contributed by atoms with van der Waals surface area (Å²) in [6.45, 7) is -0.289. The molecule has 0 bridgehead atoms. The molecule has 1 aliphatic rings. The maximum Gasteiger partial charge on any atom is 0.410 e. The summed E-state index contributed by atoms with van der Waals surface area (Å²) in [5, 5.41) is 13.1. The molecule has 3 atom stereocenters. The molecule has 0 aromatic heterocycles. The first-order chi connectivity index (χ1) is 14.1. The third-order valence-corrected chi connectivity index (χ3v) is 5.09. The van der Waals surface area contributed by atoms with Gasteiger partial charge < -0.3 is 14.8 Å². The highest BCUT2D eigenvalue weighted by Gasteiger charge is 2.45. The summed E-state index contributed by atoms with van der Waals surface area (Å²) in [6, 6.07) is 4.65. The monoisotopic (exact) mass is 445 g/mol. The zero-order valence-corrected chi connectivity index (χ0v) is 17.5. The number of nitro groups is 1. The Morgan fingerprint density at radius 3 is 2.47 bits per heavy atom. The van der Waals surface area contributed by atoms with E-state index in [2.05, 4.69) is 5.32 Å². The second kappa shape index (κ2) is 9.82. The minimum absolute atomic E-state index is 0.0473. The van der Waals surface area contributed by atoms with Crippen LogP contribution in [0.2, 0.25) is 0 Å². The van der Waals surface area contributed by atoms with Crippen molar-refractivity contribution in [1.29, 1.82) is 0 Å². The highest BCUT2D eigenvalue weighted by molar-refractivity contribution is 7.86. The number of nitrogens with zero attached hydrogens (tertiary/aromatic N) is 2. The van der Waals surface area contributed by atoms with Gasteiger partial charge >= 0.3 is 6.09 Å². The first-order valence-corrected chi connectivity index (χ1v) is 10.7. The van der Waals surface area contributed by atoms with Crippen LogP contribution < -0.4 is 5.32 Å². The van der Waals surface area contributed by atoms with Gasteiger partial charge in [-0.25, -0.2) is 4.79 Å². The molecule has 2 rings (SSSR count). The highest BCUT2D eigenvalue weighted by atomic mass is 32.2. The summed E-state index contributed by atoms with van der Waals surface area (Å²) in [5.74, 6) is -0.490. The molecule has 2 amide bonds. The van der Waals surface area contributed by atoms with Gasteiger partial charge in [-0.05, 0) is 17.7 Å². The molecule has 13 heteroatoms. The molecule has 166 valence electrons. The van der Waals surface area contributed by atoms with Crippen molar-refractivity contribution in [2.75, 3.05) is 27.0 Å². The van der Waals surface area contributed by atoms with Crippen LogP contribution in [0.3, 0.4) is 0 Å². The van der Waals surface area contributed by atoms with E-state index in [9.17, 15) is 28.1 Å². The molecule has 1 heterocycles. The molecule has 1 fully saturated rings. The Balaban J connectivity index is 2.13. The predicted octanol–water partition coefficient (Wildman–Crippen LogP) is 0.412. The first kappa shape index (κ1) is 23.5. The van der Waals surface area contributed by atoms with Crippen molar-refractivity contribution in [2.45, 2.75) is 31.3 Å². The Morgan fingerprint density at radius 2 is 1.97 bits per heavy atom. The van der Waals surface area contributed by atoms with Gasteiger partial charge in [-0.3, -0.25) is 24.0 Å². The molecule has 0 saturated carbocycles. The fourth-order valence-corrected chi connectivity index (χ4v) is 3.80. The van der Waals surface area contributed by atoms with Crippen molar-refractivity contribution in [2.24, 2.45) is 0 Å². The van der Waals surface area contributed by atoms with Crippen LogP contribution >= 0.6 is 0 Å². The van der Waals surface area contributed by atoms with Crippen molar-refractivity contribution in [3.63, 3.8) is 0 Å². The van der Waals surface area contributed by atoms with E-state index in [1.165, 1.54) is 43.3 Å². The SMILES string of the molecule is CNC(=O)C(OC)[C@@H]1C[C@@H](OS(C)(=O)=O)CN1C(=O)OCc1ccc([N+](=O)[O-])cc1. The van der Waals surface area contributed by atoms with Gasteiger partial charge in [0.25, 0.3) is 21.7 Å². The maximum atomic E-state index is 12.6. The first-order valence-electron chi connectivity index (χ1n) is 8.85. The summed E-state index contributed by atoms with van der Waals surface area (Å²) in [6.07, 6.45) is -1.78. The zero-order valence-electron chi connectivity index (χ0n) is 16.6. The van der Waals surface area contributed by atoms with Gasteiger partial charge in [-0.1, -0.05) is 0 Å². The van der Waals surface area contributed by atoms with Crippen molar-refractivity contribution >= 4 is 27.8 Å². The molecule has 1 aromatic carbocycles. The molecule has 0 spiro atoms. The molecule has 30 heavy (non-hydrogen) atoms. The van der Waals surface area contributed by atoms with E-state index in [1.807, 2.05) is 0 Å². The lowest BCUT2D eigenvalue weighted by atomic mass is 10.1. The van der Waals surface area contributed by atoms with Crippen LogP contribution in [0.4, 0.5) is 10.5 Å². The number of carbonyl (C=O) groups is 2. The number of benzene rings is 1. The Morgan fingerprint density at radius 1 is 1.33 bits per heavy atom. The molecule has 1 aromatic rings. The van der Waals surface area contributed by atoms with E-state index in [0.29, 0.717) is 5.56 Å². The average Bonchev–Trinajstić information content (AvgIpc) is 3.08. The topological polar surface area (TPSA) is 154 Å². The number of hydrogen-bond acceptors (Lipinski definition) is 9. The second-order valence-electron chi connectivity index (χ2n) is 6.63. The quantitative estimate of drug-likeness (QED) is 0.340. The van der Waals surface area contributed by atoms with Gasteiger partial charge in [-0.2, -0.15) is 8.42 Å². The molecule has 0 aliphatic carbocycles. The summed E-state index contributed by atoms with van der Waals surface area (Å²) in [7, 11) is -1.08. The number of methoxy groups -OCH3 is 1. The van der Waals surface area contributed by atoms with Crippen LogP contribution in [0.15, 0.2) is 24.3 Å². The maximum absolute atomic E-state index is 12.6. The molecule has 1 aliphatic heterocycles. The lowest BCUT2D eigenvalue weighted by Crippen LogP contribution is -2.50. The standard InChI is InChI=1S/C17H23N3O9S/c1-18-16(21)15(27-2)14-8-13(29-30(3,25)26)9-19(14)17(22)28-10-11-4-6-12(7-5-11)20(23)24/h4-7,13-15H,8-10H2,1-3H3,(H,18,21)/t13-,14+,15?/m1/s1. The Bertz CT molecular complexity index is 888. The van der Waals surface area contributed by atoms with Gasteiger partial charge in [0.2, 0.25) is 0 Å². The van der Waals surface area contributed by atoms with Gasteiger partial charge in [-0.15, -0.1) is 0 Å². The molecule has 12 nitrogen and oxygen atoms in total. The highest BCUT2D eigenvalue weighted by Crippen LogP contribution is 2.27. The third-order valence-electron chi connectivity index (χ3n) is 4.47. The lowest BCUT2D eigenvalue weighted by Gasteiger charge is -2.28. The van der Waals surface area contributed by atoms with Crippen molar-refractivity contribution < 1.29 is 36.6 Å². The van der Waals surface area contributed by atoms with Crippen LogP contribution in [-0.2, 0) is 35.2 Å². The molecule has 1 saturated heterocycles. The zero-order chi connectivity index (χ0) is 22.5. The molecule has 1 unspecified atom stereocenters. The second-order valence-corrected chi connectivity index (χ2v) is 8.23. The number of ether oxygens (including phenoxy) is 2. The molecule has 1 N–H and O–H groups in total. The Labute approximate surface area is 173 Å². The van der Waals surface area contributed by atoms with E-state index in [4.69, 9.17) is 13.7 Å². The number of rotatable bonds is 8. The number of likely N-dealkylation sites (N-methyl/N-ethyl adjacent to an activating group) is 1. The van der Waals surface area contributed by atoms with Gasteiger partial charge in [0.05, 0.1) is 29.9 Å². The smallest absolute Gasteiger partial charge is 0.410 e. The Kier molecular flexibility index (Phi) is 7.70. The number of amides is 2. The van der Waals surface area contributed by atoms with Crippen LogP contribution in [0.25, 0.3) is 0 Å².